The Morgan fingerprint density at radius 3 is 2.39 bits per heavy atom. The van der Waals surface area contributed by atoms with Gasteiger partial charge in [0, 0.05) is 16.5 Å². The lowest BCUT2D eigenvalue weighted by molar-refractivity contribution is -0.113. The zero-order valence-corrected chi connectivity index (χ0v) is 29.9. The van der Waals surface area contributed by atoms with Crippen LogP contribution < -0.4 is 20.1 Å². The van der Waals surface area contributed by atoms with Crippen LogP contribution in [0.5, 0.6) is 11.5 Å². The van der Waals surface area contributed by atoms with E-state index in [1.165, 1.54) is 17.3 Å². The number of amides is 1. The molecule has 4 aromatic carbocycles. The Morgan fingerprint density at radius 2 is 1.67 bits per heavy atom. The lowest BCUT2D eigenvalue weighted by Crippen LogP contribution is -2.31. The van der Waals surface area contributed by atoms with Crippen molar-refractivity contribution in [2.45, 2.75) is 63.6 Å². The predicted molar refractivity (Wildman–Crippen MR) is 198 cm³/mol. The third kappa shape index (κ3) is 7.95. The molecule has 49 heavy (non-hydrogen) atoms. The Morgan fingerprint density at radius 1 is 0.959 bits per heavy atom. The normalized spacial score (nSPS) is 14.2. The van der Waals surface area contributed by atoms with Crippen LogP contribution in [-0.4, -0.2) is 27.3 Å². The van der Waals surface area contributed by atoms with E-state index in [0.717, 1.165) is 22.4 Å². The summed E-state index contributed by atoms with van der Waals surface area (Å²) in [4.78, 5) is 18.9. The lowest BCUT2D eigenvalue weighted by atomic mass is 9.87. The second-order valence-electron chi connectivity index (χ2n) is 12.8. The second kappa shape index (κ2) is 14.8. The van der Waals surface area contributed by atoms with Gasteiger partial charge in [-0.1, -0.05) is 111 Å². The Hall–Kier alpha value is -4.73. The molecule has 1 aromatic heterocycles. The molecule has 0 fully saturated rings. The summed E-state index contributed by atoms with van der Waals surface area (Å²) >= 11 is 7.90. The summed E-state index contributed by atoms with van der Waals surface area (Å²) in [6, 6.07) is 30.9. The van der Waals surface area contributed by atoms with Crippen molar-refractivity contribution in [2.24, 2.45) is 0 Å². The number of carbonyl (C=O) groups is 1. The average Bonchev–Trinajstić information content (AvgIpc) is 3.49. The highest BCUT2D eigenvalue weighted by Gasteiger charge is 2.35. The highest BCUT2D eigenvalue weighted by atomic mass is 35.5. The molecule has 2 heterocycles. The van der Waals surface area contributed by atoms with Gasteiger partial charge >= 0.3 is 0 Å². The number of hydrogen-bond acceptors (Lipinski definition) is 7. The number of fused-ring (bicyclic) bond motifs is 1. The fraction of sp³-hybridized carbons (Fsp3) is 0.256. The minimum Gasteiger partial charge on any atom is -0.492 e. The first-order valence-corrected chi connectivity index (χ1v) is 17.6. The van der Waals surface area contributed by atoms with Crippen LogP contribution in [0, 0.1) is 0 Å². The van der Waals surface area contributed by atoms with Crippen molar-refractivity contribution >= 4 is 40.9 Å². The lowest BCUT2D eigenvalue weighted by Gasteiger charge is -2.29. The number of nitrogens with one attached hydrogen (secondary N) is 2. The van der Waals surface area contributed by atoms with Crippen molar-refractivity contribution in [1.29, 1.82) is 0 Å². The summed E-state index contributed by atoms with van der Waals surface area (Å²) < 4.78 is 13.7. The smallest absolute Gasteiger partial charge is 0.255 e. The maximum Gasteiger partial charge on any atom is 0.255 e. The van der Waals surface area contributed by atoms with E-state index in [9.17, 15) is 4.79 Å². The number of nitrogens with zero attached hydrogens (tertiary/aromatic N) is 3. The number of para-hydroxylation sites is 2. The zero-order chi connectivity index (χ0) is 34.5. The summed E-state index contributed by atoms with van der Waals surface area (Å²) in [7, 11) is 0. The van der Waals surface area contributed by atoms with Crippen LogP contribution in [0.25, 0.3) is 0 Å². The van der Waals surface area contributed by atoms with E-state index in [1.807, 2.05) is 86.6 Å². The van der Waals surface area contributed by atoms with Gasteiger partial charge in [0.1, 0.15) is 24.1 Å². The van der Waals surface area contributed by atoms with Crippen LogP contribution in [0.4, 0.5) is 11.6 Å². The number of halogens is 1. The predicted octanol–water partition coefficient (Wildman–Crippen LogP) is 9.43. The minimum absolute atomic E-state index is 0.0953. The molecule has 1 atom stereocenters. The van der Waals surface area contributed by atoms with Crippen molar-refractivity contribution in [3.05, 3.63) is 136 Å². The van der Waals surface area contributed by atoms with Crippen molar-refractivity contribution in [3.63, 3.8) is 0 Å². The van der Waals surface area contributed by atoms with Crippen LogP contribution in [0.3, 0.4) is 0 Å². The summed E-state index contributed by atoms with van der Waals surface area (Å²) in [5.41, 5.74) is 6.11. The molecule has 1 aliphatic rings. The van der Waals surface area contributed by atoms with Crippen LogP contribution in [0.1, 0.15) is 62.9 Å². The van der Waals surface area contributed by atoms with E-state index in [0.29, 0.717) is 57.8 Å². The van der Waals surface area contributed by atoms with E-state index in [-0.39, 0.29) is 11.3 Å². The van der Waals surface area contributed by atoms with Crippen LogP contribution in [0.2, 0.25) is 5.02 Å². The van der Waals surface area contributed by atoms with Gasteiger partial charge in [-0.2, -0.15) is 4.98 Å². The molecule has 0 spiro atoms. The Bertz CT molecular complexity index is 1970. The molecule has 6 rings (SSSR count). The number of anilines is 2. The molecule has 0 radical (unpaired) electrons. The Balaban J connectivity index is 1.28. The average molecular weight is 694 g/mol. The number of ether oxygens (including phenoxy) is 2. The largest absolute Gasteiger partial charge is 0.492 e. The summed E-state index contributed by atoms with van der Waals surface area (Å²) in [6.45, 7) is 11.3. The number of thioether (sulfide) groups is 1. The molecular formula is C39H40ClN5O3S. The van der Waals surface area contributed by atoms with Crippen molar-refractivity contribution in [1.82, 2.24) is 14.8 Å². The zero-order valence-electron chi connectivity index (χ0n) is 28.3. The molecule has 252 valence electrons. The molecule has 8 nitrogen and oxygen atoms in total. The van der Waals surface area contributed by atoms with Crippen molar-refractivity contribution < 1.29 is 14.3 Å². The van der Waals surface area contributed by atoms with Gasteiger partial charge in [-0.05, 0) is 71.8 Å². The molecule has 1 amide bonds. The standard InChI is InChI=1S/C39H40ClN5O3S/c1-6-47-33-14-10-9-13-32(33)42-36(46)34-25(2)41-37-43-38(49-24-28-11-7-8-12-31(28)40)44-45(37)35(34)27-17-21-30(22-18-27)48-23-26-15-19-29(20-16-26)39(3,4)5/h7-22,35H,6,23-24H2,1-5H3,(H,42,46)(H,41,43,44). The second-order valence-corrected chi connectivity index (χ2v) is 14.1. The fourth-order valence-corrected chi connectivity index (χ4v) is 6.72. The molecule has 1 unspecified atom stereocenters. The van der Waals surface area contributed by atoms with Gasteiger partial charge in [0.2, 0.25) is 11.1 Å². The van der Waals surface area contributed by atoms with E-state index in [4.69, 9.17) is 31.2 Å². The van der Waals surface area contributed by atoms with Crippen molar-refractivity contribution in [2.75, 3.05) is 17.2 Å². The van der Waals surface area contributed by atoms with E-state index in [1.54, 1.807) is 4.68 Å². The van der Waals surface area contributed by atoms with Crippen LogP contribution in [-0.2, 0) is 22.6 Å². The van der Waals surface area contributed by atoms with Gasteiger partial charge in [0.15, 0.2) is 0 Å². The Labute approximate surface area is 296 Å². The molecule has 5 aromatic rings. The Kier molecular flexibility index (Phi) is 10.3. The number of aromatic nitrogens is 3. The molecule has 1 aliphatic heterocycles. The van der Waals surface area contributed by atoms with E-state index >= 15 is 0 Å². The molecule has 0 aliphatic carbocycles. The fourth-order valence-electron chi connectivity index (χ4n) is 5.61. The third-order valence-electron chi connectivity index (χ3n) is 8.25. The number of allylic oxidation sites excluding steroid dienone is 1. The van der Waals surface area contributed by atoms with Crippen LogP contribution >= 0.6 is 23.4 Å². The maximum absolute atomic E-state index is 14.1. The SMILES string of the molecule is CCOc1ccccc1NC(=O)C1=C(C)Nc2nc(SCc3ccccc3Cl)nn2C1c1ccc(OCc2ccc(C(C)(C)C)cc2)cc1. The maximum atomic E-state index is 14.1. The van der Waals surface area contributed by atoms with Gasteiger partial charge in [0.25, 0.3) is 5.91 Å². The minimum atomic E-state index is -0.559. The summed E-state index contributed by atoms with van der Waals surface area (Å²) in [5.74, 6) is 2.21. The molecular weight excluding hydrogens is 654 g/mol. The van der Waals surface area contributed by atoms with Crippen LogP contribution in [0.15, 0.2) is 113 Å². The number of hydrogen-bond donors (Lipinski definition) is 2. The first-order chi connectivity index (χ1) is 23.6. The first kappa shape index (κ1) is 34.1. The van der Waals surface area contributed by atoms with Crippen molar-refractivity contribution in [3.8, 4) is 11.5 Å². The highest BCUT2D eigenvalue weighted by Crippen LogP contribution is 2.38. The molecule has 0 saturated heterocycles. The molecule has 0 saturated carbocycles. The van der Waals surface area contributed by atoms with Gasteiger partial charge in [-0.15, -0.1) is 5.10 Å². The summed E-state index contributed by atoms with van der Waals surface area (Å²) in [6.07, 6.45) is 0. The molecule has 0 bridgehead atoms. The monoisotopic (exact) mass is 693 g/mol. The number of benzene rings is 4. The molecule has 10 heteroatoms. The summed E-state index contributed by atoms with van der Waals surface area (Å²) in [5, 5.41) is 12.6. The van der Waals surface area contributed by atoms with E-state index < -0.39 is 6.04 Å². The highest BCUT2D eigenvalue weighted by molar-refractivity contribution is 7.98. The number of carbonyl (C=O) groups excluding carboxylic acids is 1. The topological polar surface area (TPSA) is 90.3 Å². The quantitative estimate of drug-likeness (QED) is 0.133. The van der Waals surface area contributed by atoms with Gasteiger partial charge < -0.3 is 20.1 Å². The van der Waals surface area contributed by atoms with E-state index in [2.05, 4.69) is 55.7 Å². The van der Waals surface area contributed by atoms with Gasteiger partial charge in [-0.25, -0.2) is 4.68 Å². The third-order valence-corrected chi connectivity index (χ3v) is 9.50. The number of rotatable bonds is 11. The van der Waals surface area contributed by atoms with Gasteiger partial charge in [-0.3, -0.25) is 4.79 Å². The van der Waals surface area contributed by atoms with Gasteiger partial charge in [0.05, 0.1) is 17.9 Å². The first-order valence-electron chi connectivity index (χ1n) is 16.3. The molecule has 2 N–H and O–H groups in total.